The zero-order valence-electron chi connectivity index (χ0n) is 9.23. The van der Waals surface area contributed by atoms with Crippen LogP contribution in [0.1, 0.15) is 19.8 Å². The van der Waals surface area contributed by atoms with E-state index >= 15 is 0 Å². The molecule has 2 fully saturated rings. The topological polar surface area (TPSA) is 26.3 Å². The van der Waals surface area contributed by atoms with Gasteiger partial charge in [-0.3, -0.25) is 4.21 Å². The van der Waals surface area contributed by atoms with Gasteiger partial charge in [0.2, 0.25) is 0 Å². The van der Waals surface area contributed by atoms with E-state index in [1.54, 1.807) is 0 Å². The van der Waals surface area contributed by atoms with Crippen molar-refractivity contribution in [2.24, 2.45) is 0 Å². The number of hydrogen-bond acceptors (Lipinski definition) is 2. The summed E-state index contributed by atoms with van der Waals surface area (Å²) in [5.74, 6) is 0.744. The number of nitrogens with zero attached hydrogens (tertiary/aromatic N) is 1. The lowest BCUT2D eigenvalue weighted by molar-refractivity contribution is -0.905. The molecule has 0 spiro atoms. The Bertz CT molecular complexity index is 255. The second-order valence-corrected chi connectivity index (χ2v) is 6.76. The van der Waals surface area contributed by atoms with Crippen molar-refractivity contribution in [2.75, 3.05) is 26.4 Å². The zero-order chi connectivity index (χ0) is 10.3. The molecular weight excluding hydrogens is 198 g/mol. The third-order valence-corrected chi connectivity index (χ3v) is 5.14. The molecular formula is C10H20NO2S+. The van der Waals surface area contributed by atoms with Crippen LogP contribution in [-0.4, -0.2) is 52.7 Å². The minimum Gasteiger partial charge on any atom is -0.355 e. The highest BCUT2D eigenvalue weighted by Gasteiger charge is 2.45. The average Bonchev–Trinajstić information content (AvgIpc) is 2.56. The van der Waals surface area contributed by atoms with E-state index in [0.29, 0.717) is 6.04 Å². The molecule has 0 bridgehead atoms. The van der Waals surface area contributed by atoms with Crippen LogP contribution in [-0.2, 0) is 15.5 Å². The third-order valence-electron chi connectivity index (χ3n) is 3.63. The molecule has 14 heavy (non-hydrogen) atoms. The lowest BCUT2D eigenvalue weighted by Crippen LogP contribution is -2.50. The molecule has 4 heteroatoms. The molecule has 0 N–H and O–H groups in total. The monoisotopic (exact) mass is 218 g/mol. The minimum absolute atomic E-state index is 0.0550. The SMILES string of the molecule is C[C@@H]1O[C@H]([C@@H]2CCC[N+]2(C)C)C[S@]1=O. The summed E-state index contributed by atoms with van der Waals surface area (Å²) in [5.41, 5.74) is -0.0550. The number of quaternary nitrogens is 1. The van der Waals surface area contributed by atoms with Crippen molar-refractivity contribution in [2.45, 2.75) is 37.3 Å². The van der Waals surface area contributed by atoms with Crippen LogP contribution >= 0.6 is 0 Å². The molecule has 2 heterocycles. The van der Waals surface area contributed by atoms with Gasteiger partial charge in [0.05, 0.1) is 37.2 Å². The van der Waals surface area contributed by atoms with Crippen molar-refractivity contribution in [3.8, 4) is 0 Å². The Morgan fingerprint density at radius 3 is 2.57 bits per heavy atom. The van der Waals surface area contributed by atoms with E-state index in [0.717, 1.165) is 10.2 Å². The standard InChI is InChI=1S/C10H20NO2S/c1-8-13-10(7-14(8)12)9-5-4-6-11(9,2)3/h8-10H,4-7H2,1-3H3/q+1/t8-,9+,10+,14-/m1/s1. The first-order chi connectivity index (χ1) is 6.50. The number of likely N-dealkylation sites (tertiary alicyclic amines) is 1. The first-order valence-electron chi connectivity index (χ1n) is 5.36. The van der Waals surface area contributed by atoms with Gasteiger partial charge in [-0.25, -0.2) is 0 Å². The zero-order valence-corrected chi connectivity index (χ0v) is 10.0. The van der Waals surface area contributed by atoms with Gasteiger partial charge in [-0.05, 0) is 6.92 Å². The van der Waals surface area contributed by atoms with Crippen LogP contribution in [0.25, 0.3) is 0 Å². The fourth-order valence-corrected chi connectivity index (χ4v) is 3.87. The third kappa shape index (κ3) is 1.75. The highest BCUT2D eigenvalue weighted by Crippen LogP contribution is 2.30. The Hall–Kier alpha value is 0.0700. The molecule has 0 aromatic rings. The van der Waals surface area contributed by atoms with Crippen molar-refractivity contribution < 1.29 is 13.4 Å². The second kappa shape index (κ2) is 3.58. The number of hydrogen-bond donors (Lipinski definition) is 0. The summed E-state index contributed by atoms with van der Waals surface area (Å²) >= 11 is 0. The largest absolute Gasteiger partial charge is 0.355 e. The number of ether oxygens (including phenoxy) is 1. The molecule has 82 valence electrons. The molecule has 0 aromatic carbocycles. The van der Waals surface area contributed by atoms with Gasteiger partial charge in [0, 0.05) is 12.8 Å². The second-order valence-electron chi connectivity index (χ2n) is 5.00. The summed E-state index contributed by atoms with van der Waals surface area (Å²) < 4.78 is 18.3. The predicted molar refractivity (Wildman–Crippen MR) is 57.3 cm³/mol. The normalized spacial score (nSPS) is 47.1. The molecule has 0 aliphatic carbocycles. The molecule has 0 unspecified atom stereocenters. The van der Waals surface area contributed by atoms with Crippen LogP contribution in [0.5, 0.6) is 0 Å². The van der Waals surface area contributed by atoms with Crippen LogP contribution in [0.2, 0.25) is 0 Å². The van der Waals surface area contributed by atoms with E-state index in [9.17, 15) is 4.21 Å². The van der Waals surface area contributed by atoms with Gasteiger partial charge in [-0.15, -0.1) is 0 Å². The summed E-state index contributed by atoms with van der Waals surface area (Å²) in [6, 6.07) is 0.559. The molecule has 2 aliphatic rings. The van der Waals surface area contributed by atoms with Gasteiger partial charge in [0.1, 0.15) is 17.6 Å². The quantitative estimate of drug-likeness (QED) is 0.606. The molecule has 2 saturated heterocycles. The van der Waals surface area contributed by atoms with E-state index in [-0.39, 0.29) is 11.5 Å². The summed E-state index contributed by atoms with van der Waals surface area (Å²) in [4.78, 5) is 0. The van der Waals surface area contributed by atoms with E-state index in [4.69, 9.17) is 4.74 Å². The molecule has 3 nitrogen and oxygen atoms in total. The number of likely N-dealkylation sites (N-methyl/N-ethyl adjacent to an activating group) is 1. The van der Waals surface area contributed by atoms with Crippen molar-refractivity contribution >= 4 is 10.8 Å². The summed E-state index contributed by atoms with van der Waals surface area (Å²) in [6.45, 7) is 3.15. The first-order valence-corrected chi connectivity index (χ1v) is 6.74. The Kier molecular flexibility index (Phi) is 2.70. The van der Waals surface area contributed by atoms with E-state index < -0.39 is 10.8 Å². The molecule has 4 atom stereocenters. The fourth-order valence-electron chi connectivity index (χ4n) is 2.71. The Morgan fingerprint density at radius 1 is 1.43 bits per heavy atom. The van der Waals surface area contributed by atoms with Gasteiger partial charge >= 0.3 is 0 Å². The van der Waals surface area contributed by atoms with Crippen LogP contribution in [0.3, 0.4) is 0 Å². The molecule has 0 saturated carbocycles. The van der Waals surface area contributed by atoms with Crippen molar-refractivity contribution in [1.29, 1.82) is 0 Å². The van der Waals surface area contributed by atoms with Crippen molar-refractivity contribution in [3.05, 3.63) is 0 Å². The fraction of sp³-hybridized carbons (Fsp3) is 1.00. The van der Waals surface area contributed by atoms with Crippen molar-refractivity contribution in [1.82, 2.24) is 0 Å². The van der Waals surface area contributed by atoms with E-state index in [1.165, 1.54) is 19.4 Å². The minimum atomic E-state index is -0.759. The van der Waals surface area contributed by atoms with Gasteiger partial charge in [-0.2, -0.15) is 0 Å². The summed E-state index contributed by atoms with van der Waals surface area (Å²) in [6.07, 6.45) is 2.73. The predicted octanol–water partition coefficient (Wildman–Crippen LogP) is 0.719. The van der Waals surface area contributed by atoms with Gasteiger partial charge in [0.25, 0.3) is 0 Å². The van der Waals surface area contributed by atoms with E-state index in [2.05, 4.69) is 14.1 Å². The Balaban J connectivity index is 2.06. The molecule has 2 aliphatic heterocycles. The van der Waals surface area contributed by atoms with Gasteiger partial charge in [0.15, 0.2) is 0 Å². The smallest absolute Gasteiger partial charge is 0.130 e. The van der Waals surface area contributed by atoms with Gasteiger partial charge < -0.3 is 9.22 Å². The highest BCUT2D eigenvalue weighted by molar-refractivity contribution is 7.85. The maximum absolute atomic E-state index is 11.5. The van der Waals surface area contributed by atoms with Crippen LogP contribution < -0.4 is 0 Å². The molecule has 0 amide bonds. The number of rotatable bonds is 1. The van der Waals surface area contributed by atoms with Crippen LogP contribution in [0.4, 0.5) is 0 Å². The van der Waals surface area contributed by atoms with E-state index in [1.807, 2.05) is 6.92 Å². The highest BCUT2D eigenvalue weighted by atomic mass is 32.2. The molecule has 2 rings (SSSR count). The van der Waals surface area contributed by atoms with Crippen LogP contribution in [0, 0.1) is 0 Å². The lowest BCUT2D eigenvalue weighted by atomic mass is 10.1. The maximum Gasteiger partial charge on any atom is 0.130 e. The van der Waals surface area contributed by atoms with Crippen LogP contribution in [0.15, 0.2) is 0 Å². The molecule has 0 aromatic heterocycles. The lowest BCUT2D eigenvalue weighted by Gasteiger charge is -2.34. The Labute approximate surface area is 88.5 Å². The summed E-state index contributed by atoms with van der Waals surface area (Å²) in [5, 5.41) is 0. The van der Waals surface area contributed by atoms with Crippen molar-refractivity contribution in [3.63, 3.8) is 0 Å². The molecule has 0 radical (unpaired) electrons. The summed E-state index contributed by atoms with van der Waals surface area (Å²) in [7, 11) is 3.75. The average molecular weight is 218 g/mol. The van der Waals surface area contributed by atoms with Gasteiger partial charge in [-0.1, -0.05) is 0 Å². The maximum atomic E-state index is 11.5. The first kappa shape index (κ1) is 10.6. The Morgan fingerprint density at radius 2 is 2.14 bits per heavy atom.